The highest BCUT2D eigenvalue weighted by molar-refractivity contribution is 6.30. The van der Waals surface area contributed by atoms with Crippen LogP contribution in [0.4, 0.5) is 0 Å². The number of nitrogens with zero attached hydrogens (tertiary/aromatic N) is 3. The van der Waals surface area contributed by atoms with E-state index in [2.05, 4.69) is 15.4 Å². The van der Waals surface area contributed by atoms with Crippen molar-refractivity contribution in [2.24, 2.45) is 0 Å². The van der Waals surface area contributed by atoms with Crippen molar-refractivity contribution in [3.05, 3.63) is 100 Å². The van der Waals surface area contributed by atoms with Gasteiger partial charge in [0.25, 0.3) is 5.91 Å². The Balaban J connectivity index is 1.68. The van der Waals surface area contributed by atoms with Gasteiger partial charge >= 0.3 is 0 Å². The Bertz CT molecular complexity index is 1060. The Labute approximate surface area is 177 Å². The third-order valence-corrected chi connectivity index (χ3v) is 4.78. The normalized spacial score (nSPS) is 10.7. The van der Waals surface area contributed by atoms with Crippen molar-refractivity contribution in [3.8, 4) is 17.1 Å². The highest BCUT2D eigenvalue weighted by atomic mass is 35.5. The second-order valence-electron chi connectivity index (χ2n) is 6.32. The molecule has 1 aromatic heterocycles. The molecule has 1 heterocycles. The summed E-state index contributed by atoms with van der Waals surface area (Å²) in [7, 11) is 0. The van der Waals surface area contributed by atoms with E-state index in [0.717, 1.165) is 16.8 Å². The fourth-order valence-corrected chi connectivity index (χ4v) is 3.07. The molecule has 144 valence electrons. The molecule has 0 unspecified atom stereocenters. The van der Waals surface area contributed by atoms with Gasteiger partial charge < -0.3 is 5.32 Å². The number of aromatic nitrogens is 3. The summed E-state index contributed by atoms with van der Waals surface area (Å²) in [6.07, 6.45) is 0. The molecule has 1 amide bonds. The maximum absolute atomic E-state index is 12.7. The topological polar surface area (TPSA) is 59.8 Å². The van der Waals surface area contributed by atoms with Gasteiger partial charge in [-0.3, -0.25) is 4.79 Å². The molecule has 0 aliphatic carbocycles. The zero-order valence-corrected chi connectivity index (χ0v) is 16.7. The van der Waals surface area contributed by atoms with E-state index in [0.29, 0.717) is 22.4 Å². The number of carbonyl (C=O) groups excluding carboxylic acids is 1. The van der Waals surface area contributed by atoms with Crippen LogP contribution in [0.15, 0.2) is 78.9 Å². The number of hydrogen-bond acceptors (Lipinski definition) is 3. The third kappa shape index (κ3) is 4.47. The molecule has 0 radical (unpaired) electrons. The van der Waals surface area contributed by atoms with E-state index in [-0.39, 0.29) is 11.7 Å². The van der Waals surface area contributed by atoms with Crippen molar-refractivity contribution in [1.29, 1.82) is 0 Å². The molecular formula is C22H16Cl2N4O. The number of benzene rings is 3. The Morgan fingerprint density at radius 2 is 1.48 bits per heavy atom. The van der Waals surface area contributed by atoms with Crippen LogP contribution in [0.2, 0.25) is 10.0 Å². The van der Waals surface area contributed by atoms with Gasteiger partial charge in [0.1, 0.15) is 0 Å². The smallest absolute Gasteiger partial charge is 0.291 e. The van der Waals surface area contributed by atoms with E-state index in [4.69, 9.17) is 23.2 Å². The van der Waals surface area contributed by atoms with Gasteiger partial charge in [0.05, 0.1) is 5.69 Å². The predicted molar refractivity (Wildman–Crippen MR) is 114 cm³/mol. The standard InChI is InChI=1S/C22H16Cl2N4O/c23-17-8-6-16(7-9-17)21-26-20(22(29)25-14-15-4-2-1-3-5-15)27-28(21)19-12-10-18(24)11-13-19/h1-13H,14H2,(H,25,29). The van der Waals surface area contributed by atoms with Crippen LogP contribution in [0.1, 0.15) is 16.2 Å². The first-order valence-corrected chi connectivity index (χ1v) is 9.67. The summed E-state index contributed by atoms with van der Waals surface area (Å²) in [6.45, 7) is 0.394. The van der Waals surface area contributed by atoms with Crippen LogP contribution in [-0.4, -0.2) is 20.7 Å². The molecule has 1 N–H and O–H groups in total. The molecule has 0 bridgehead atoms. The molecule has 5 nitrogen and oxygen atoms in total. The van der Waals surface area contributed by atoms with Gasteiger partial charge in [-0.1, -0.05) is 53.5 Å². The lowest BCUT2D eigenvalue weighted by Gasteiger charge is -2.06. The quantitative estimate of drug-likeness (QED) is 0.482. The van der Waals surface area contributed by atoms with Crippen LogP contribution in [0.5, 0.6) is 0 Å². The van der Waals surface area contributed by atoms with Crippen LogP contribution in [0, 0.1) is 0 Å². The Morgan fingerprint density at radius 3 is 2.14 bits per heavy atom. The number of carbonyl (C=O) groups is 1. The molecule has 0 aliphatic heterocycles. The zero-order valence-electron chi connectivity index (χ0n) is 15.2. The van der Waals surface area contributed by atoms with Gasteiger partial charge in [0.2, 0.25) is 5.82 Å². The van der Waals surface area contributed by atoms with Gasteiger partial charge in [-0.05, 0) is 54.1 Å². The van der Waals surface area contributed by atoms with E-state index in [9.17, 15) is 4.79 Å². The van der Waals surface area contributed by atoms with Gasteiger partial charge in [-0.2, -0.15) is 0 Å². The first kappa shape index (κ1) is 19.2. The SMILES string of the molecule is O=C(NCc1ccccc1)c1nc(-c2ccc(Cl)cc2)n(-c2ccc(Cl)cc2)n1. The van der Waals surface area contributed by atoms with Crippen molar-refractivity contribution in [2.45, 2.75) is 6.54 Å². The summed E-state index contributed by atoms with van der Waals surface area (Å²) in [4.78, 5) is 17.1. The van der Waals surface area contributed by atoms with Crippen LogP contribution in [-0.2, 0) is 6.54 Å². The summed E-state index contributed by atoms with van der Waals surface area (Å²) in [5, 5.41) is 8.53. The minimum absolute atomic E-state index is 0.0841. The number of hydrogen-bond donors (Lipinski definition) is 1. The van der Waals surface area contributed by atoms with E-state index in [1.165, 1.54) is 0 Å². The molecule has 0 spiro atoms. The molecule has 7 heteroatoms. The Hall–Kier alpha value is -3.15. The fraction of sp³-hybridized carbons (Fsp3) is 0.0455. The summed E-state index contributed by atoms with van der Waals surface area (Å²) < 4.78 is 1.62. The summed E-state index contributed by atoms with van der Waals surface area (Å²) in [5.74, 6) is 0.270. The van der Waals surface area contributed by atoms with Crippen LogP contribution in [0.25, 0.3) is 17.1 Å². The van der Waals surface area contributed by atoms with Gasteiger partial charge in [-0.25, -0.2) is 9.67 Å². The van der Waals surface area contributed by atoms with Gasteiger partial charge in [0, 0.05) is 22.2 Å². The Kier molecular flexibility index (Phi) is 5.60. The second-order valence-corrected chi connectivity index (χ2v) is 7.20. The monoisotopic (exact) mass is 422 g/mol. The molecule has 0 atom stereocenters. The lowest BCUT2D eigenvalue weighted by atomic mass is 10.2. The minimum atomic E-state index is -0.350. The highest BCUT2D eigenvalue weighted by Gasteiger charge is 2.18. The maximum atomic E-state index is 12.7. The first-order chi connectivity index (χ1) is 14.1. The molecule has 0 saturated carbocycles. The zero-order chi connectivity index (χ0) is 20.2. The summed E-state index contributed by atoms with van der Waals surface area (Å²) in [5.41, 5.74) is 2.53. The van der Waals surface area contributed by atoms with Crippen LogP contribution >= 0.6 is 23.2 Å². The summed E-state index contributed by atoms with van der Waals surface area (Å²) >= 11 is 12.0. The van der Waals surface area contributed by atoms with Crippen LogP contribution in [0.3, 0.4) is 0 Å². The number of nitrogens with one attached hydrogen (secondary N) is 1. The number of halogens is 2. The average molecular weight is 423 g/mol. The average Bonchev–Trinajstić information content (AvgIpc) is 3.19. The molecule has 29 heavy (non-hydrogen) atoms. The van der Waals surface area contributed by atoms with E-state index < -0.39 is 0 Å². The Morgan fingerprint density at radius 1 is 0.862 bits per heavy atom. The molecule has 0 saturated heterocycles. The predicted octanol–water partition coefficient (Wildman–Crippen LogP) is 5.17. The van der Waals surface area contributed by atoms with Crippen molar-refractivity contribution in [2.75, 3.05) is 0 Å². The molecule has 0 fully saturated rings. The number of amides is 1. The van der Waals surface area contributed by atoms with Crippen molar-refractivity contribution < 1.29 is 4.79 Å². The molecule has 4 rings (SSSR count). The van der Waals surface area contributed by atoms with Crippen molar-refractivity contribution in [3.63, 3.8) is 0 Å². The molecule has 4 aromatic rings. The lowest BCUT2D eigenvalue weighted by Crippen LogP contribution is -2.24. The molecule has 0 aliphatic rings. The maximum Gasteiger partial charge on any atom is 0.291 e. The fourth-order valence-electron chi connectivity index (χ4n) is 2.81. The lowest BCUT2D eigenvalue weighted by molar-refractivity contribution is 0.0940. The first-order valence-electron chi connectivity index (χ1n) is 8.91. The van der Waals surface area contributed by atoms with E-state index >= 15 is 0 Å². The molecular weight excluding hydrogens is 407 g/mol. The van der Waals surface area contributed by atoms with Crippen LogP contribution < -0.4 is 5.32 Å². The van der Waals surface area contributed by atoms with E-state index in [1.54, 1.807) is 28.9 Å². The number of rotatable bonds is 5. The van der Waals surface area contributed by atoms with E-state index in [1.807, 2.05) is 54.6 Å². The third-order valence-electron chi connectivity index (χ3n) is 4.28. The second kappa shape index (κ2) is 8.47. The van der Waals surface area contributed by atoms with Gasteiger partial charge in [-0.15, -0.1) is 5.10 Å². The van der Waals surface area contributed by atoms with Gasteiger partial charge in [0.15, 0.2) is 5.82 Å². The molecule has 3 aromatic carbocycles. The largest absolute Gasteiger partial charge is 0.345 e. The summed E-state index contributed by atoms with van der Waals surface area (Å²) in [6, 6.07) is 24.1. The van der Waals surface area contributed by atoms with Crippen molar-refractivity contribution >= 4 is 29.1 Å². The van der Waals surface area contributed by atoms with Crippen molar-refractivity contribution in [1.82, 2.24) is 20.1 Å². The minimum Gasteiger partial charge on any atom is -0.345 e. The highest BCUT2D eigenvalue weighted by Crippen LogP contribution is 2.24.